The molecule has 2 nitrogen and oxygen atoms in total. The minimum atomic E-state index is 0.469. The van der Waals surface area contributed by atoms with Crippen LogP contribution in [0.4, 0.5) is 0 Å². The zero-order valence-corrected chi connectivity index (χ0v) is 10.3. The molecule has 1 aromatic heterocycles. The molecule has 1 heterocycles. The van der Waals surface area contributed by atoms with E-state index in [-0.39, 0.29) is 0 Å². The molecule has 0 radical (unpaired) electrons. The number of hydrogen-bond donors (Lipinski definition) is 1. The molecule has 1 N–H and O–H groups in total. The van der Waals surface area contributed by atoms with E-state index in [1.165, 1.54) is 5.56 Å². The predicted octanol–water partition coefficient (Wildman–Crippen LogP) is 3.94. The Hall–Kier alpha value is -1.28. The average molecular weight is 235 g/mol. The van der Waals surface area contributed by atoms with Crippen molar-refractivity contribution in [3.63, 3.8) is 0 Å². The highest BCUT2D eigenvalue weighted by Crippen LogP contribution is 2.21. The number of hydrogen-bond acceptors (Lipinski definition) is 1. The highest BCUT2D eigenvalue weighted by Gasteiger charge is 2.04. The number of halogens is 1. The summed E-state index contributed by atoms with van der Waals surface area (Å²) in [6.07, 6.45) is 0. The molecule has 0 bridgehead atoms. The van der Waals surface area contributed by atoms with Gasteiger partial charge in [0, 0.05) is 5.56 Å². The maximum atomic E-state index is 5.72. The lowest BCUT2D eigenvalue weighted by Gasteiger charge is -2.05. The fourth-order valence-electron chi connectivity index (χ4n) is 1.62. The maximum absolute atomic E-state index is 5.72. The third kappa shape index (κ3) is 2.27. The van der Waals surface area contributed by atoms with Gasteiger partial charge in [-0.25, -0.2) is 0 Å². The molecule has 0 aliphatic rings. The highest BCUT2D eigenvalue weighted by molar-refractivity contribution is 6.16. The molecule has 0 atom stereocenters. The van der Waals surface area contributed by atoms with Crippen molar-refractivity contribution >= 4 is 11.6 Å². The molecule has 16 heavy (non-hydrogen) atoms. The van der Waals surface area contributed by atoms with Gasteiger partial charge in [-0.15, -0.1) is 11.6 Å². The van der Waals surface area contributed by atoms with Gasteiger partial charge in [0.1, 0.15) is 0 Å². The summed E-state index contributed by atoms with van der Waals surface area (Å²) in [6.45, 7) is 4.38. The fourth-order valence-corrected chi connectivity index (χ4v) is 1.75. The molecule has 0 fully saturated rings. The molecule has 2 rings (SSSR count). The predicted molar refractivity (Wildman–Crippen MR) is 67.7 cm³/mol. The van der Waals surface area contributed by atoms with Gasteiger partial charge in [0.15, 0.2) is 0 Å². The van der Waals surface area contributed by atoms with Crippen LogP contribution in [-0.2, 0) is 5.88 Å². The molecule has 1 aromatic carbocycles. The van der Waals surface area contributed by atoms with E-state index >= 15 is 0 Å². The van der Waals surface area contributed by atoms with Gasteiger partial charge in [0.25, 0.3) is 0 Å². The average Bonchev–Trinajstić information content (AvgIpc) is 2.77. The Morgan fingerprint density at radius 1 is 1.25 bits per heavy atom. The Balaban J connectivity index is 2.27. The van der Waals surface area contributed by atoms with Gasteiger partial charge in [-0.2, -0.15) is 5.10 Å². The Bertz CT molecular complexity index is 457. The van der Waals surface area contributed by atoms with Crippen molar-refractivity contribution in [3.05, 3.63) is 41.6 Å². The number of nitrogens with zero attached hydrogens (tertiary/aromatic N) is 1. The minimum Gasteiger partial charge on any atom is -0.281 e. The number of benzene rings is 1. The van der Waals surface area contributed by atoms with Crippen LogP contribution in [0.1, 0.15) is 31.0 Å². The van der Waals surface area contributed by atoms with Crippen LogP contribution in [-0.4, -0.2) is 10.2 Å². The minimum absolute atomic E-state index is 0.469. The van der Waals surface area contributed by atoms with Crippen molar-refractivity contribution in [2.45, 2.75) is 25.6 Å². The van der Waals surface area contributed by atoms with E-state index in [4.69, 9.17) is 11.6 Å². The van der Waals surface area contributed by atoms with Gasteiger partial charge < -0.3 is 0 Å². The largest absolute Gasteiger partial charge is 0.281 e. The van der Waals surface area contributed by atoms with E-state index in [1.807, 2.05) is 6.07 Å². The van der Waals surface area contributed by atoms with Crippen LogP contribution in [0.2, 0.25) is 0 Å². The first-order valence-electron chi connectivity index (χ1n) is 5.41. The summed E-state index contributed by atoms with van der Waals surface area (Å²) < 4.78 is 0. The smallest absolute Gasteiger partial charge is 0.0923 e. The normalized spacial score (nSPS) is 11.0. The Labute approximate surface area is 101 Å². The van der Waals surface area contributed by atoms with Crippen LogP contribution < -0.4 is 0 Å². The quantitative estimate of drug-likeness (QED) is 0.801. The van der Waals surface area contributed by atoms with E-state index in [1.54, 1.807) is 0 Å². The Morgan fingerprint density at radius 2 is 1.94 bits per heavy atom. The SMILES string of the molecule is CC(C)c1ccc(-c2cc(CCl)[nH]n2)cc1. The second-order valence-corrected chi connectivity index (χ2v) is 4.46. The zero-order chi connectivity index (χ0) is 11.5. The topological polar surface area (TPSA) is 28.7 Å². The summed E-state index contributed by atoms with van der Waals surface area (Å²) in [7, 11) is 0. The first-order chi connectivity index (χ1) is 7.70. The number of rotatable bonds is 3. The third-order valence-corrected chi connectivity index (χ3v) is 2.94. The van der Waals surface area contributed by atoms with E-state index in [9.17, 15) is 0 Å². The van der Waals surface area contributed by atoms with E-state index in [2.05, 4.69) is 48.3 Å². The first kappa shape index (κ1) is 11.2. The summed E-state index contributed by atoms with van der Waals surface area (Å²) in [5.41, 5.74) is 4.37. The van der Waals surface area contributed by atoms with Crippen molar-refractivity contribution in [3.8, 4) is 11.3 Å². The van der Waals surface area contributed by atoms with Crippen molar-refractivity contribution in [2.24, 2.45) is 0 Å². The highest BCUT2D eigenvalue weighted by atomic mass is 35.5. The second-order valence-electron chi connectivity index (χ2n) is 4.19. The third-order valence-electron chi connectivity index (χ3n) is 2.65. The van der Waals surface area contributed by atoms with Crippen LogP contribution in [0.3, 0.4) is 0 Å². The molecule has 0 aliphatic heterocycles. The fraction of sp³-hybridized carbons (Fsp3) is 0.308. The van der Waals surface area contributed by atoms with Crippen LogP contribution in [0.5, 0.6) is 0 Å². The first-order valence-corrected chi connectivity index (χ1v) is 5.94. The van der Waals surface area contributed by atoms with Gasteiger partial charge in [-0.05, 0) is 17.5 Å². The molecular weight excluding hydrogens is 220 g/mol. The summed E-state index contributed by atoms with van der Waals surface area (Å²) >= 11 is 5.72. The molecule has 0 saturated heterocycles. The van der Waals surface area contributed by atoms with E-state index in [0.29, 0.717) is 11.8 Å². The number of aromatic amines is 1. The summed E-state index contributed by atoms with van der Waals surface area (Å²) in [4.78, 5) is 0. The van der Waals surface area contributed by atoms with Gasteiger partial charge >= 0.3 is 0 Å². The molecule has 0 amide bonds. The number of H-pyrrole nitrogens is 1. The number of aromatic nitrogens is 2. The molecule has 84 valence electrons. The summed E-state index contributed by atoms with van der Waals surface area (Å²) in [5, 5.41) is 7.13. The Kier molecular flexibility index (Phi) is 3.30. The monoisotopic (exact) mass is 234 g/mol. The summed E-state index contributed by atoms with van der Waals surface area (Å²) in [5.74, 6) is 1.03. The molecule has 3 heteroatoms. The molecule has 0 saturated carbocycles. The number of alkyl halides is 1. The van der Waals surface area contributed by atoms with Crippen molar-refractivity contribution in [1.82, 2.24) is 10.2 Å². The van der Waals surface area contributed by atoms with Crippen LogP contribution >= 0.6 is 11.6 Å². The van der Waals surface area contributed by atoms with Gasteiger partial charge in [0.05, 0.1) is 17.3 Å². The Morgan fingerprint density at radius 3 is 2.44 bits per heavy atom. The summed E-state index contributed by atoms with van der Waals surface area (Å²) in [6, 6.07) is 10.5. The van der Waals surface area contributed by atoms with Gasteiger partial charge in [-0.1, -0.05) is 38.1 Å². The van der Waals surface area contributed by atoms with Crippen LogP contribution in [0.15, 0.2) is 30.3 Å². The lowest BCUT2D eigenvalue weighted by molar-refractivity contribution is 0.867. The van der Waals surface area contributed by atoms with Crippen molar-refractivity contribution in [2.75, 3.05) is 0 Å². The van der Waals surface area contributed by atoms with Crippen molar-refractivity contribution in [1.29, 1.82) is 0 Å². The maximum Gasteiger partial charge on any atom is 0.0923 e. The molecule has 0 aliphatic carbocycles. The second kappa shape index (κ2) is 4.71. The lowest BCUT2D eigenvalue weighted by atomic mass is 10.0. The molecule has 2 aromatic rings. The van der Waals surface area contributed by atoms with Crippen molar-refractivity contribution < 1.29 is 0 Å². The van der Waals surface area contributed by atoms with Crippen LogP contribution in [0.25, 0.3) is 11.3 Å². The number of nitrogens with one attached hydrogen (secondary N) is 1. The lowest BCUT2D eigenvalue weighted by Crippen LogP contribution is -1.86. The van der Waals surface area contributed by atoms with Gasteiger partial charge in [-0.3, -0.25) is 5.10 Å². The van der Waals surface area contributed by atoms with E-state index in [0.717, 1.165) is 17.0 Å². The standard InChI is InChI=1S/C13H15ClN2/c1-9(2)10-3-5-11(6-4-10)13-7-12(8-14)15-16-13/h3-7,9H,8H2,1-2H3,(H,15,16). The van der Waals surface area contributed by atoms with Crippen LogP contribution in [0, 0.1) is 0 Å². The molecular formula is C13H15ClN2. The van der Waals surface area contributed by atoms with E-state index < -0.39 is 0 Å². The zero-order valence-electron chi connectivity index (χ0n) is 9.50. The van der Waals surface area contributed by atoms with Gasteiger partial charge in [0.2, 0.25) is 0 Å². The molecule has 0 spiro atoms. The molecule has 0 unspecified atom stereocenters.